The molecule has 0 bridgehead atoms. The van der Waals surface area contributed by atoms with Crippen LogP contribution < -0.4 is 5.32 Å². The molecule has 1 rings (SSSR count). The number of rotatable bonds is 4. The number of hydrogen-bond donors (Lipinski definition) is 1. The zero-order valence-corrected chi connectivity index (χ0v) is 10.5. The van der Waals surface area contributed by atoms with E-state index in [1.165, 1.54) is 0 Å². The van der Waals surface area contributed by atoms with E-state index in [4.69, 9.17) is 23.2 Å². The minimum atomic E-state index is 0.707. The van der Waals surface area contributed by atoms with Gasteiger partial charge in [-0.2, -0.15) is 0 Å². The van der Waals surface area contributed by atoms with Crippen molar-refractivity contribution in [2.24, 2.45) is 0 Å². The van der Waals surface area contributed by atoms with Crippen LogP contribution in [0.3, 0.4) is 0 Å². The molecule has 1 aromatic rings. The van der Waals surface area contributed by atoms with E-state index in [0.29, 0.717) is 5.02 Å². The highest BCUT2D eigenvalue weighted by molar-refractivity contribution is 6.35. The summed E-state index contributed by atoms with van der Waals surface area (Å²) >= 11 is 12.1. The van der Waals surface area contributed by atoms with E-state index >= 15 is 0 Å². The SMILES string of the molecule is C=C(C)CCNc1cc(Cl)c(C)cc1Cl. The lowest BCUT2D eigenvalue weighted by molar-refractivity contribution is 1.00. The molecule has 0 atom stereocenters. The summed E-state index contributed by atoms with van der Waals surface area (Å²) in [5, 5.41) is 4.68. The number of anilines is 1. The second-order valence-electron chi connectivity index (χ2n) is 3.72. The minimum absolute atomic E-state index is 0.707. The van der Waals surface area contributed by atoms with Gasteiger partial charge in [-0.3, -0.25) is 0 Å². The van der Waals surface area contributed by atoms with Gasteiger partial charge in [0, 0.05) is 11.6 Å². The van der Waals surface area contributed by atoms with E-state index in [0.717, 1.165) is 34.8 Å². The molecule has 0 unspecified atom stereocenters. The lowest BCUT2D eigenvalue weighted by atomic mass is 10.2. The predicted octanol–water partition coefficient (Wildman–Crippen LogP) is 4.68. The molecule has 3 heteroatoms. The predicted molar refractivity (Wildman–Crippen MR) is 69.1 cm³/mol. The van der Waals surface area contributed by atoms with Gasteiger partial charge in [0.15, 0.2) is 0 Å². The van der Waals surface area contributed by atoms with Gasteiger partial charge in [-0.1, -0.05) is 28.8 Å². The monoisotopic (exact) mass is 243 g/mol. The van der Waals surface area contributed by atoms with Gasteiger partial charge in [0.1, 0.15) is 0 Å². The molecule has 82 valence electrons. The van der Waals surface area contributed by atoms with Gasteiger partial charge in [-0.15, -0.1) is 6.58 Å². The van der Waals surface area contributed by atoms with Crippen molar-refractivity contribution < 1.29 is 0 Å². The Hall–Kier alpha value is -0.660. The van der Waals surface area contributed by atoms with Crippen molar-refractivity contribution in [3.05, 3.63) is 39.9 Å². The molecule has 0 saturated heterocycles. The van der Waals surface area contributed by atoms with Crippen molar-refractivity contribution in [2.75, 3.05) is 11.9 Å². The van der Waals surface area contributed by atoms with Gasteiger partial charge in [0.05, 0.1) is 10.7 Å². The summed E-state index contributed by atoms with van der Waals surface area (Å²) in [6.07, 6.45) is 0.932. The molecule has 0 aromatic heterocycles. The van der Waals surface area contributed by atoms with E-state index in [1.807, 2.05) is 26.0 Å². The average molecular weight is 244 g/mol. The topological polar surface area (TPSA) is 12.0 Å². The van der Waals surface area contributed by atoms with Gasteiger partial charge in [-0.05, 0) is 38.0 Å². The van der Waals surface area contributed by atoms with Crippen molar-refractivity contribution >= 4 is 28.9 Å². The first kappa shape index (κ1) is 12.4. The van der Waals surface area contributed by atoms with Crippen LogP contribution in [-0.4, -0.2) is 6.54 Å². The normalized spacial score (nSPS) is 10.1. The van der Waals surface area contributed by atoms with Crippen LogP contribution in [0.2, 0.25) is 10.0 Å². The summed E-state index contributed by atoms with van der Waals surface area (Å²) in [5.41, 5.74) is 3.03. The summed E-state index contributed by atoms with van der Waals surface area (Å²) in [6.45, 7) is 8.61. The van der Waals surface area contributed by atoms with Crippen LogP contribution in [-0.2, 0) is 0 Å². The van der Waals surface area contributed by atoms with Crippen LogP contribution in [0.5, 0.6) is 0 Å². The lowest BCUT2D eigenvalue weighted by Gasteiger charge is -2.10. The van der Waals surface area contributed by atoms with Crippen LogP contribution in [0.1, 0.15) is 18.9 Å². The van der Waals surface area contributed by atoms with E-state index in [1.54, 1.807) is 0 Å². The first-order valence-corrected chi connectivity index (χ1v) is 5.60. The molecule has 0 fully saturated rings. The number of nitrogens with one attached hydrogen (secondary N) is 1. The molecule has 1 N–H and O–H groups in total. The number of aryl methyl sites for hydroxylation is 1. The first-order valence-electron chi connectivity index (χ1n) is 4.84. The van der Waals surface area contributed by atoms with Gasteiger partial charge in [0.25, 0.3) is 0 Å². The van der Waals surface area contributed by atoms with Crippen LogP contribution >= 0.6 is 23.2 Å². The maximum absolute atomic E-state index is 6.07. The van der Waals surface area contributed by atoms with Crippen LogP contribution in [0, 0.1) is 6.92 Å². The summed E-state index contributed by atoms with van der Waals surface area (Å²) in [4.78, 5) is 0. The fraction of sp³-hybridized carbons (Fsp3) is 0.333. The molecular weight excluding hydrogens is 229 g/mol. The molecule has 0 saturated carbocycles. The zero-order chi connectivity index (χ0) is 11.4. The molecule has 0 heterocycles. The molecule has 1 aromatic carbocycles. The maximum atomic E-state index is 6.07. The highest BCUT2D eigenvalue weighted by Crippen LogP contribution is 2.28. The maximum Gasteiger partial charge on any atom is 0.0641 e. The minimum Gasteiger partial charge on any atom is -0.383 e. The standard InChI is InChI=1S/C12H15Cl2N/c1-8(2)4-5-15-12-7-10(13)9(3)6-11(12)14/h6-7,15H,1,4-5H2,2-3H3. The second kappa shape index (κ2) is 5.43. The summed E-state index contributed by atoms with van der Waals surface area (Å²) < 4.78 is 0. The fourth-order valence-corrected chi connectivity index (χ4v) is 1.64. The molecule has 0 aliphatic rings. The quantitative estimate of drug-likeness (QED) is 0.758. The Balaban J connectivity index is 2.69. The average Bonchev–Trinajstić information content (AvgIpc) is 2.13. The molecule has 1 nitrogen and oxygen atoms in total. The molecule has 0 radical (unpaired) electrons. The van der Waals surface area contributed by atoms with Gasteiger partial charge < -0.3 is 5.32 Å². The molecule has 0 aliphatic carbocycles. The molecule has 15 heavy (non-hydrogen) atoms. The second-order valence-corrected chi connectivity index (χ2v) is 4.53. The van der Waals surface area contributed by atoms with E-state index in [9.17, 15) is 0 Å². The smallest absolute Gasteiger partial charge is 0.0641 e. The Bertz CT molecular complexity index is 372. The van der Waals surface area contributed by atoms with Crippen LogP contribution in [0.15, 0.2) is 24.3 Å². The third kappa shape index (κ3) is 3.77. The first-order chi connectivity index (χ1) is 7.00. The summed E-state index contributed by atoms with van der Waals surface area (Å²) in [5.74, 6) is 0. The van der Waals surface area contributed by atoms with Crippen LogP contribution in [0.25, 0.3) is 0 Å². The highest BCUT2D eigenvalue weighted by Gasteiger charge is 2.03. The van der Waals surface area contributed by atoms with Crippen molar-refractivity contribution in [3.63, 3.8) is 0 Å². The van der Waals surface area contributed by atoms with Crippen molar-refractivity contribution in [1.82, 2.24) is 0 Å². The van der Waals surface area contributed by atoms with Gasteiger partial charge in [-0.25, -0.2) is 0 Å². The third-order valence-corrected chi connectivity index (χ3v) is 2.84. The highest BCUT2D eigenvalue weighted by atomic mass is 35.5. The van der Waals surface area contributed by atoms with Crippen molar-refractivity contribution in [3.8, 4) is 0 Å². The van der Waals surface area contributed by atoms with E-state index < -0.39 is 0 Å². The largest absolute Gasteiger partial charge is 0.383 e. The number of halogens is 2. The summed E-state index contributed by atoms with van der Waals surface area (Å²) in [7, 11) is 0. The van der Waals surface area contributed by atoms with Gasteiger partial charge >= 0.3 is 0 Å². The Labute approximate surface area is 101 Å². The molecular formula is C12H15Cl2N. The number of benzene rings is 1. The molecule has 0 aliphatic heterocycles. The van der Waals surface area contributed by atoms with Crippen molar-refractivity contribution in [2.45, 2.75) is 20.3 Å². The Morgan fingerprint density at radius 3 is 2.60 bits per heavy atom. The van der Waals surface area contributed by atoms with Crippen molar-refractivity contribution in [1.29, 1.82) is 0 Å². The Kier molecular flexibility index (Phi) is 4.49. The fourth-order valence-electron chi connectivity index (χ4n) is 1.19. The number of hydrogen-bond acceptors (Lipinski definition) is 1. The third-order valence-electron chi connectivity index (χ3n) is 2.12. The molecule has 0 amide bonds. The van der Waals surface area contributed by atoms with Gasteiger partial charge in [0.2, 0.25) is 0 Å². The zero-order valence-electron chi connectivity index (χ0n) is 9.03. The van der Waals surface area contributed by atoms with E-state index in [2.05, 4.69) is 11.9 Å². The van der Waals surface area contributed by atoms with Crippen LogP contribution in [0.4, 0.5) is 5.69 Å². The lowest BCUT2D eigenvalue weighted by Crippen LogP contribution is -2.02. The Morgan fingerprint density at radius 1 is 1.33 bits per heavy atom. The van der Waals surface area contributed by atoms with E-state index in [-0.39, 0.29) is 0 Å². The summed E-state index contributed by atoms with van der Waals surface area (Å²) in [6, 6.07) is 3.73. The molecule has 0 spiro atoms. The Morgan fingerprint density at radius 2 is 2.00 bits per heavy atom.